The Morgan fingerprint density at radius 2 is 1.52 bits per heavy atom. The largest absolute Gasteiger partial charge is 0.349 e. The highest BCUT2D eigenvalue weighted by Crippen LogP contribution is 2.35. The molecule has 4 nitrogen and oxygen atoms in total. The standard InChI is InChI=1S/C23H30N2O2/c1-16-2-11-20(12-3-16)25(21-13-14-21)22(26)15-6-17-4-7-18(8-5-17)23(27)24-19-9-10-19/h4-8,15-16,19-21H,2-3,9-14H2,1H3,(H,24,27)/b15-6+. The van der Waals surface area contributed by atoms with Crippen molar-refractivity contribution in [1.29, 1.82) is 0 Å². The fraction of sp³-hybridized carbons (Fsp3) is 0.565. The second-order valence-corrected chi connectivity index (χ2v) is 8.59. The Hall–Kier alpha value is -2.10. The Balaban J connectivity index is 1.37. The lowest BCUT2D eigenvalue weighted by Gasteiger charge is -2.36. The highest BCUT2D eigenvalue weighted by atomic mass is 16.2. The molecule has 3 aliphatic carbocycles. The number of benzene rings is 1. The Bertz CT molecular complexity index is 708. The lowest BCUT2D eigenvalue weighted by molar-refractivity contribution is -0.129. The highest BCUT2D eigenvalue weighted by molar-refractivity contribution is 5.95. The topological polar surface area (TPSA) is 49.4 Å². The van der Waals surface area contributed by atoms with Crippen molar-refractivity contribution in [2.24, 2.45) is 5.92 Å². The van der Waals surface area contributed by atoms with Gasteiger partial charge in [-0.2, -0.15) is 0 Å². The van der Waals surface area contributed by atoms with Crippen LogP contribution >= 0.6 is 0 Å². The molecule has 0 aromatic heterocycles. The van der Waals surface area contributed by atoms with Gasteiger partial charge in [-0.05, 0) is 81.1 Å². The zero-order chi connectivity index (χ0) is 18.8. The van der Waals surface area contributed by atoms with E-state index in [9.17, 15) is 9.59 Å². The van der Waals surface area contributed by atoms with Crippen LogP contribution in [0.1, 0.15) is 74.2 Å². The molecule has 1 aromatic carbocycles. The zero-order valence-electron chi connectivity index (χ0n) is 16.2. The summed E-state index contributed by atoms with van der Waals surface area (Å²) in [6, 6.07) is 8.73. The summed E-state index contributed by atoms with van der Waals surface area (Å²) in [6.07, 6.45) is 12.8. The molecule has 2 amide bonds. The van der Waals surface area contributed by atoms with Crippen molar-refractivity contribution < 1.29 is 9.59 Å². The normalized spacial score (nSPS) is 25.4. The molecule has 0 radical (unpaired) electrons. The first-order chi connectivity index (χ1) is 13.1. The number of carbonyl (C=O) groups is 2. The zero-order valence-corrected chi connectivity index (χ0v) is 16.2. The van der Waals surface area contributed by atoms with Crippen LogP contribution in [0.3, 0.4) is 0 Å². The molecule has 1 aromatic rings. The molecule has 3 aliphatic rings. The summed E-state index contributed by atoms with van der Waals surface area (Å²) in [5, 5.41) is 3.00. The molecule has 4 rings (SSSR count). The Kier molecular flexibility index (Phi) is 5.33. The SMILES string of the molecule is CC1CCC(N(C(=O)/C=C/c2ccc(C(=O)NC3CC3)cc2)C2CC2)CC1. The predicted molar refractivity (Wildman–Crippen MR) is 107 cm³/mol. The molecular formula is C23H30N2O2. The van der Waals surface area contributed by atoms with E-state index in [0.29, 0.717) is 23.7 Å². The van der Waals surface area contributed by atoms with E-state index in [4.69, 9.17) is 0 Å². The van der Waals surface area contributed by atoms with Gasteiger partial charge in [-0.3, -0.25) is 9.59 Å². The second-order valence-electron chi connectivity index (χ2n) is 8.59. The number of nitrogens with zero attached hydrogens (tertiary/aromatic N) is 1. The van der Waals surface area contributed by atoms with Gasteiger partial charge in [-0.15, -0.1) is 0 Å². The van der Waals surface area contributed by atoms with Crippen LogP contribution in [0, 0.1) is 5.92 Å². The van der Waals surface area contributed by atoms with E-state index in [2.05, 4.69) is 17.1 Å². The van der Waals surface area contributed by atoms with Crippen LogP contribution in [-0.4, -0.2) is 34.8 Å². The summed E-state index contributed by atoms with van der Waals surface area (Å²) in [4.78, 5) is 27.1. The number of carbonyl (C=O) groups excluding carboxylic acids is 2. The van der Waals surface area contributed by atoms with Crippen molar-refractivity contribution >= 4 is 17.9 Å². The van der Waals surface area contributed by atoms with E-state index in [0.717, 1.165) is 50.0 Å². The van der Waals surface area contributed by atoms with Crippen molar-refractivity contribution in [3.05, 3.63) is 41.5 Å². The van der Waals surface area contributed by atoms with E-state index in [-0.39, 0.29) is 11.8 Å². The van der Waals surface area contributed by atoms with E-state index in [1.165, 1.54) is 12.8 Å². The van der Waals surface area contributed by atoms with Crippen LogP contribution in [0.25, 0.3) is 6.08 Å². The second kappa shape index (κ2) is 7.87. The molecule has 0 unspecified atom stereocenters. The number of rotatable bonds is 6. The van der Waals surface area contributed by atoms with Crippen LogP contribution in [-0.2, 0) is 4.79 Å². The first kappa shape index (κ1) is 18.3. The molecule has 0 atom stereocenters. The number of nitrogens with one attached hydrogen (secondary N) is 1. The molecule has 0 saturated heterocycles. The Morgan fingerprint density at radius 3 is 2.07 bits per heavy atom. The number of hydrogen-bond donors (Lipinski definition) is 1. The average Bonchev–Trinajstić information content (AvgIpc) is 3.58. The molecule has 1 N–H and O–H groups in total. The number of hydrogen-bond acceptors (Lipinski definition) is 2. The lowest BCUT2D eigenvalue weighted by Crippen LogP contribution is -2.42. The third-order valence-electron chi connectivity index (χ3n) is 6.08. The molecule has 4 heteroatoms. The van der Waals surface area contributed by atoms with Gasteiger partial charge in [0.1, 0.15) is 0 Å². The maximum atomic E-state index is 12.9. The van der Waals surface area contributed by atoms with Crippen LogP contribution in [0.2, 0.25) is 0 Å². The monoisotopic (exact) mass is 366 g/mol. The minimum atomic E-state index is -0.00413. The van der Waals surface area contributed by atoms with Crippen molar-refractivity contribution in [1.82, 2.24) is 10.2 Å². The van der Waals surface area contributed by atoms with Gasteiger partial charge in [0.25, 0.3) is 5.91 Å². The Morgan fingerprint density at radius 1 is 0.926 bits per heavy atom. The van der Waals surface area contributed by atoms with Gasteiger partial charge in [0.2, 0.25) is 5.91 Å². The van der Waals surface area contributed by atoms with Crippen molar-refractivity contribution in [3.8, 4) is 0 Å². The molecule has 144 valence electrons. The molecular weight excluding hydrogens is 336 g/mol. The molecule has 0 spiro atoms. The quantitative estimate of drug-likeness (QED) is 0.769. The summed E-state index contributed by atoms with van der Waals surface area (Å²) in [7, 11) is 0. The van der Waals surface area contributed by atoms with Crippen molar-refractivity contribution in [3.63, 3.8) is 0 Å². The molecule has 0 heterocycles. The molecule has 3 saturated carbocycles. The molecule has 3 fully saturated rings. The van der Waals surface area contributed by atoms with Gasteiger partial charge >= 0.3 is 0 Å². The van der Waals surface area contributed by atoms with Crippen molar-refractivity contribution in [2.75, 3.05) is 0 Å². The molecule has 27 heavy (non-hydrogen) atoms. The maximum Gasteiger partial charge on any atom is 0.251 e. The summed E-state index contributed by atoms with van der Waals surface area (Å²) < 4.78 is 0. The van der Waals surface area contributed by atoms with E-state index < -0.39 is 0 Å². The first-order valence-corrected chi connectivity index (χ1v) is 10.5. The fourth-order valence-corrected chi connectivity index (χ4v) is 4.03. The van der Waals surface area contributed by atoms with E-state index >= 15 is 0 Å². The van der Waals surface area contributed by atoms with Crippen LogP contribution in [0.4, 0.5) is 0 Å². The van der Waals surface area contributed by atoms with Gasteiger partial charge < -0.3 is 10.2 Å². The van der Waals surface area contributed by atoms with Gasteiger partial charge in [-0.25, -0.2) is 0 Å². The van der Waals surface area contributed by atoms with Gasteiger partial charge in [-0.1, -0.05) is 19.1 Å². The summed E-state index contributed by atoms with van der Waals surface area (Å²) in [5.41, 5.74) is 1.64. The third kappa shape index (κ3) is 4.79. The van der Waals surface area contributed by atoms with Crippen LogP contribution in [0.15, 0.2) is 30.3 Å². The third-order valence-corrected chi connectivity index (χ3v) is 6.08. The predicted octanol–water partition coefficient (Wildman–Crippen LogP) is 4.16. The summed E-state index contributed by atoms with van der Waals surface area (Å²) in [5.74, 6) is 0.937. The van der Waals surface area contributed by atoms with Crippen LogP contribution in [0.5, 0.6) is 0 Å². The van der Waals surface area contributed by atoms with Gasteiger partial charge in [0, 0.05) is 29.8 Å². The summed E-state index contributed by atoms with van der Waals surface area (Å²) >= 11 is 0. The Labute approximate surface area is 162 Å². The van der Waals surface area contributed by atoms with E-state index in [1.54, 1.807) is 6.08 Å². The molecule has 0 bridgehead atoms. The maximum absolute atomic E-state index is 12.9. The average molecular weight is 367 g/mol. The van der Waals surface area contributed by atoms with Gasteiger partial charge in [0.05, 0.1) is 0 Å². The smallest absolute Gasteiger partial charge is 0.251 e. The highest BCUT2D eigenvalue weighted by Gasteiger charge is 2.37. The van der Waals surface area contributed by atoms with E-state index in [1.807, 2.05) is 30.3 Å². The molecule has 0 aliphatic heterocycles. The first-order valence-electron chi connectivity index (χ1n) is 10.5. The van der Waals surface area contributed by atoms with Crippen LogP contribution < -0.4 is 5.32 Å². The number of amides is 2. The van der Waals surface area contributed by atoms with Crippen molar-refractivity contribution in [2.45, 2.75) is 76.4 Å². The summed E-state index contributed by atoms with van der Waals surface area (Å²) in [6.45, 7) is 2.31. The minimum absolute atomic E-state index is 0.00413. The lowest BCUT2D eigenvalue weighted by atomic mass is 9.86. The minimum Gasteiger partial charge on any atom is -0.349 e. The fourth-order valence-electron chi connectivity index (χ4n) is 4.03. The van der Waals surface area contributed by atoms with Gasteiger partial charge in [0.15, 0.2) is 0 Å².